The van der Waals surface area contributed by atoms with Gasteiger partial charge < -0.3 is 19.3 Å². The van der Waals surface area contributed by atoms with Crippen LogP contribution in [0.1, 0.15) is 40.5 Å². The Kier molecular flexibility index (Phi) is 3.62. The van der Waals surface area contributed by atoms with Crippen LogP contribution in [0.4, 0.5) is 4.79 Å². The van der Waals surface area contributed by atoms with Crippen molar-refractivity contribution in [1.29, 1.82) is 0 Å². The molecule has 0 aromatic heterocycles. The number of likely N-dealkylation sites (tertiary alicyclic amines) is 1. The molecule has 0 radical (unpaired) electrons. The molecule has 1 aliphatic carbocycles. The number of nitrogens with zero attached hydrogens (tertiary/aromatic N) is 2. The predicted octanol–water partition coefficient (Wildman–Crippen LogP) is 1.63. The number of hydrogen-bond acceptors (Lipinski definition) is 4. The van der Waals surface area contributed by atoms with Gasteiger partial charge in [-0.1, -0.05) is 0 Å². The second-order valence-corrected chi connectivity index (χ2v) is 7.64. The molecule has 1 saturated carbocycles. The van der Waals surface area contributed by atoms with Crippen molar-refractivity contribution in [2.75, 3.05) is 26.2 Å². The number of amides is 2. The van der Waals surface area contributed by atoms with Gasteiger partial charge in [0.1, 0.15) is 11.2 Å². The number of rotatable bonds is 2. The molecule has 3 aliphatic rings. The lowest BCUT2D eigenvalue weighted by atomic mass is 9.92. The third kappa shape index (κ3) is 2.81. The van der Waals surface area contributed by atoms with E-state index in [4.69, 9.17) is 9.47 Å². The van der Waals surface area contributed by atoms with Crippen molar-refractivity contribution in [1.82, 2.24) is 9.80 Å². The molecular weight excluding hydrogens is 284 g/mol. The van der Waals surface area contributed by atoms with Gasteiger partial charge in [0.05, 0.1) is 6.10 Å². The fourth-order valence-electron chi connectivity index (χ4n) is 3.15. The Labute approximate surface area is 131 Å². The van der Waals surface area contributed by atoms with Gasteiger partial charge in [-0.2, -0.15) is 0 Å². The third-order valence-electron chi connectivity index (χ3n) is 4.63. The van der Waals surface area contributed by atoms with E-state index < -0.39 is 11.2 Å². The summed E-state index contributed by atoms with van der Waals surface area (Å²) in [6, 6.07) is 0. The Hall–Kier alpha value is -1.30. The summed E-state index contributed by atoms with van der Waals surface area (Å²) >= 11 is 0. The number of hydrogen-bond donors (Lipinski definition) is 0. The summed E-state index contributed by atoms with van der Waals surface area (Å²) < 4.78 is 11.5. The highest BCUT2D eigenvalue weighted by atomic mass is 16.6. The Bertz CT molecular complexity index is 475. The summed E-state index contributed by atoms with van der Waals surface area (Å²) in [5.41, 5.74) is -1.00. The van der Waals surface area contributed by atoms with Gasteiger partial charge in [0.2, 0.25) is 0 Å². The molecule has 0 N–H and O–H groups in total. The maximum Gasteiger partial charge on any atom is 0.410 e. The maximum atomic E-state index is 12.3. The first kappa shape index (κ1) is 15.6. The lowest BCUT2D eigenvalue weighted by Gasteiger charge is -2.47. The lowest BCUT2D eigenvalue weighted by Crippen LogP contribution is -2.62. The lowest BCUT2D eigenvalue weighted by molar-refractivity contribution is -0.178. The molecule has 1 unspecified atom stereocenters. The largest absolute Gasteiger partial charge is 0.444 e. The number of likely N-dealkylation sites (N-methyl/N-ethyl adjacent to an activating group) is 1. The second kappa shape index (κ2) is 5.11. The molecule has 1 spiro atoms. The Morgan fingerprint density at radius 3 is 2.45 bits per heavy atom. The summed E-state index contributed by atoms with van der Waals surface area (Å²) in [7, 11) is 0. The van der Waals surface area contributed by atoms with E-state index in [0.29, 0.717) is 25.6 Å². The van der Waals surface area contributed by atoms with Gasteiger partial charge in [-0.05, 0) is 40.5 Å². The van der Waals surface area contributed by atoms with E-state index in [-0.39, 0.29) is 18.1 Å². The summed E-state index contributed by atoms with van der Waals surface area (Å²) in [6.07, 6.45) is 1.45. The van der Waals surface area contributed by atoms with Crippen LogP contribution in [-0.2, 0) is 14.3 Å². The number of morpholine rings is 1. The summed E-state index contributed by atoms with van der Waals surface area (Å²) in [5, 5.41) is 0. The highest BCUT2D eigenvalue weighted by Gasteiger charge is 2.59. The summed E-state index contributed by atoms with van der Waals surface area (Å²) in [4.78, 5) is 27.9. The van der Waals surface area contributed by atoms with Crippen molar-refractivity contribution >= 4 is 12.0 Å². The number of carbonyl (C=O) groups is 2. The van der Waals surface area contributed by atoms with Crippen LogP contribution >= 0.6 is 0 Å². The van der Waals surface area contributed by atoms with Crippen LogP contribution in [0, 0.1) is 5.92 Å². The maximum absolute atomic E-state index is 12.3. The van der Waals surface area contributed by atoms with Crippen LogP contribution in [0.3, 0.4) is 0 Å². The smallest absolute Gasteiger partial charge is 0.410 e. The predicted molar refractivity (Wildman–Crippen MR) is 80.4 cm³/mol. The van der Waals surface area contributed by atoms with E-state index in [1.54, 1.807) is 4.90 Å². The zero-order chi connectivity index (χ0) is 16.1. The first-order valence-corrected chi connectivity index (χ1v) is 8.19. The monoisotopic (exact) mass is 310 g/mol. The van der Waals surface area contributed by atoms with Crippen LogP contribution in [0.2, 0.25) is 0 Å². The van der Waals surface area contributed by atoms with Crippen LogP contribution in [0.15, 0.2) is 0 Å². The molecule has 6 nitrogen and oxygen atoms in total. The first-order valence-electron chi connectivity index (χ1n) is 8.19. The molecule has 2 heterocycles. The van der Waals surface area contributed by atoms with Gasteiger partial charge in [-0.25, -0.2) is 4.79 Å². The highest BCUT2D eigenvalue weighted by molar-refractivity contribution is 5.88. The van der Waals surface area contributed by atoms with E-state index in [2.05, 4.69) is 0 Å². The zero-order valence-corrected chi connectivity index (χ0v) is 13.9. The Morgan fingerprint density at radius 1 is 1.32 bits per heavy atom. The normalized spacial score (nSPS) is 27.8. The Balaban J connectivity index is 1.55. The summed E-state index contributed by atoms with van der Waals surface area (Å²) in [5.74, 6) is 0.446. The molecule has 2 saturated heterocycles. The van der Waals surface area contributed by atoms with Gasteiger partial charge in [-0.15, -0.1) is 0 Å². The van der Waals surface area contributed by atoms with Crippen molar-refractivity contribution in [2.45, 2.75) is 57.8 Å². The van der Waals surface area contributed by atoms with E-state index in [9.17, 15) is 9.59 Å². The molecule has 22 heavy (non-hydrogen) atoms. The molecule has 3 rings (SSSR count). The van der Waals surface area contributed by atoms with E-state index in [1.165, 1.54) is 0 Å². The Morgan fingerprint density at radius 2 is 1.95 bits per heavy atom. The summed E-state index contributed by atoms with van der Waals surface area (Å²) in [6.45, 7) is 10.3. The molecule has 3 fully saturated rings. The molecule has 124 valence electrons. The van der Waals surface area contributed by atoms with Crippen molar-refractivity contribution in [3.05, 3.63) is 0 Å². The topological polar surface area (TPSA) is 59.1 Å². The van der Waals surface area contributed by atoms with Crippen LogP contribution in [0.5, 0.6) is 0 Å². The molecule has 2 amide bonds. The average Bonchev–Trinajstić information content (AvgIpc) is 3.10. The highest BCUT2D eigenvalue weighted by Crippen LogP contribution is 2.46. The molecule has 6 heteroatoms. The van der Waals surface area contributed by atoms with Gasteiger partial charge in [-0.3, -0.25) is 4.79 Å². The van der Waals surface area contributed by atoms with Crippen LogP contribution in [0.25, 0.3) is 0 Å². The quantitative estimate of drug-likeness (QED) is 0.778. The average molecular weight is 310 g/mol. The van der Waals surface area contributed by atoms with E-state index >= 15 is 0 Å². The first-order chi connectivity index (χ1) is 10.2. The second-order valence-electron chi connectivity index (χ2n) is 7.64. The van der Waals surface area contributed by atoms with Crippen LogP contribution < -0.4 is 0 Å². The minimum Gasteiger partial charge on any atom is -0.444 e. The third-order valence-corrected chi connectivity index (χ3v) is 4.63. The number of ether oxygens (including phenoxy) is 2. The number of carbonyl (C=O) groups excluding carboxylic acids is 2. The zero-order valence-electron chi connectivity index (χ0n) is 13.9. The van der Waals surface area contributed by atoms with Crippen LogP contribution in [-0.4, -0.2) is 65.3 Å². The van der Waals surface area contributed by atoms with Gasteiger partial charge >= 0.3 is 6.09 Å². The van der Waals surface area contributed by atoms with Gasteiger partial charge in [0, 0.05) is 32.1 Å². The molecule has 0 aromatic carbocycles. The van der Waals surface area contributed by atoms with Crippen molar-refractivity contribution in [2.24, 2.45) is 5.92 Å². The molecule has 0 aromatic rings. The molecule has 1 atom stereocenters. The molecular formula is C16H26N2O4. The minimum absolute atomic E-state index is 0.0406. The van der Waals surface area contributed by atoms with E-state index in [0.717, 1.165) is 19.4 Å². The fraction of sp³-hybridized carbons (Fsp3) is 0.875. The standard InChI is InChI=1S/C16H26N2O4/c1-5-17-10-12(21-16(6-7-16)13(17)19)11-8-18(9-11)14(20)22-15(2,3)4/h11-12H,5-10H2,1-4H3. The van der Waals surface area contributed by atoms with E-state index in [1.807, 2.05) is 32.6 Å². The van der Waals surface area contributed by atoms with Crippen molar-refractivity contribution in [3.8, 4) is 0 Å². The minimum atomic E-state index is -0.536. The SMILES string of the molecule is CCN1CC(C2CN(C(=O)OC(C)(C)C)C2)OC2(CC2)C1=O. The fourth-order valence-corrected chi connectivity index (χ4v) is 3.15. The van der Waals surface area contributed by atoms with Crippen molar-refractivity contribution in [3.63, 3.8) is 0 Å². The molecule has 0 bridgehead atoms. The molecule has 2 aliphatic heterocycles. The van der Waals surface area contributed by atoms with Crippen molar-refractivity contribution < 1.29 is 19.1 Å². The van der Waals surface area contributed by atoms with Gasteiger partial charge in [0.15, 0.2) is 0 Å². The van der Waals surface area contributed by atoms with Gasteiger partial charge in [0.25, 0.3) is 5.91 Å².